The molecule has 90 valence electrons. The quantitative estimate of drug-likeness (QED) is 0.664. The van der Waals surface area contributed by atoms with Crippen molar-refractivity contribution in [2.75, 3.05) is 23.7 Å². The number of nitrogens with zero attached hydrogens (tertiary/aromatic N) is 2. The summed E-state index contributed by atoms with van der Waals surface area (Å²) in [5, 5.41) is 6.50. The van der Waals surface area contributed by atoms with Crippen LogP contribution in [0, 0.1) is 0 Å². The molecule has 0 atom stereocenters. The molecule has 0 bridgehead atoms. The van der Waals surface area contributed by atoms with Crippen LogP contribution in [0.15, 0.2) is 12.3 Å². The first-order valence-corrected chi connectivity index (χ1v) is 6.17. The Bertz CT molecular complexity index is 263. The van der Waals surface area contributed by atoms with Gasteiger partial charge in [-0.1, -0.05) is 26.7 Å². The highest BCUT2D eigenvalue weighted by Crippen LogP contribution is 2.06. The molecule has 1 heterocycles. The van der Waals surface area contributed by atoms with Gasteiger partial charge in [-0.3, -0.25) is 0 Å². The van der Waals surface area contributed by atoms with Gasteiger partial charge in [0.1, 0.15) is 5.82 Å². The van der Waals surface area contributed by atoms with Gasteiger partial charge in [0.2, 0.25) is 5.95 Å². The van der Waals surface area contributed by atoms with Gasteiger partial charge in [0.05, 0.1) is 0 Å². The summed E-state index contributed by atoms with van der Waals surface area (Å²) in [6.45, 7) is 6.27. The Balaban J connectivity index is 2.37. The van der Waals surface area contributed by atoms with Gasteiger partial charge in [-0.25, -0.2) is 4.98 Å². The first-order chi connectivity index (χ1) is 7.86. The molecule has 0 amide bonds. The SMILES string of the molecule is CCCCNc1ccnc(NCCCC)n1. The van der Waals surface area contributed by atoms with E-state index in [4.69, 9.17) is 0 Å². The third kappa shape index (κ3) is 4.96. The molecule has 0 radical (unpaired) electrons. The third-order valence-corrected chi connectivity index (χ3v) is 2.31. The van der Waals surface area contributed by atoms with Crippen molar-refractivity contribution in [2.24, 2.45) is 0 Å². The lowest BCUT2D eigenvalue weighted by atomic mass is 10.3. The summed E-state index contributed by atoms with van der Waals surface area (Å²) in [7, 11) is 0. The molecule has 0 saturated carbocycles. The van der Waals surface area contributed by atoms with Gasteiger partial charge in [0.15, 0.2) is 0 Å². The Morgan fingerprint density at radius 2 is 1.75 bits per heavy atom. The van der Waals surface area contributed by atoms with Gasteiger partial charge < -0.3 is 10.6 Å². The average molecular weight is 222 g/mol. The van der Waals surface area contributed by atoms with E-state index in [9.17, 15) is 0 Å². The summed E-state index contributed by atoms with van der Waals surface area (Å²) < 4.78 is 0. The molecule has 4 nitrogen and oxygen atoms in total. The predicted octanol–water partition coefficient (Wildman–Crippen LogP) is 2.90. The summed E-state index contributed by atoms with van der Waals surface area (Å²) >= 11 is 0. The fraction of sp³-hybridized carbons (Fsp3) is 0.667. The minimum absolute atomic E-state index is 0.718. The number of nitrogens with one attached hydrogen (secondary N) is 2. The van der Waals surface area contributed by atoms with Crippen molar-refractivity contribution in [1.29, 1.82) is 0 Å². The van der Waals surface area contributed by atoms with Crippen molar-refractivity contribution in [3.05, 3.63) is 12.3 Å². The second-order valence-corrected chi connectivity index (χ2v) is 3.83. The average Bonchev–Trinajstić information content (AvgIpc) is 2.30. The lowest BCUT2D eigenvalue weighted by Crippen LogP contribution is -2.08. The fourth-order valence-corrected chi connectivity index (χ4v) is 1.31. The first kappa shape index (κ1) is 12.7. The molecule has 0 aliphatic heterocycles. The van der Waals surface area contributed by atoms with Gasteiger partial charge in [-0.15, -0.1) is 0 Å². The maximum Gasteiger partial charge on any atom is 0.224 e. The lowest BCUT2D eigenvalue weighted by Gasteiger charge is -2.07. The van der Waals surface area contributed by atoms with Gasteiger partial charge in [-0.05, 0) is 18.9 Å². The highest BCUT2D eigenvalue weighted by Gasteiger charge is 1.97. The Hall–Kier alpha value is -1.32. The van der Waals surface area contributed by atoms with Crippen molar-refractivity contribution in [1.82, 2.24) is 9.97 Å². The molecule has 1 rings (SSSR count). The summed E-state index contributed by atoms with van der Waals surface area (Å²) in [4.78, 5) is 8.56. The van der Waals surface area contributed by atoms with Crippen molar-refractivity contribution in [3.8, 4) is 0 Å². The smallest absolute Gasteiger partial charge is 0.224 e. The zero-order valence-electron chi connectivity index (χ0n) is 10.3. The number of hydrogen-bond donors (Lipinski definition) is 2. The molecule has 1 aromatic heterocycles. The van der Waals surface area contributed by atoms with Crippen LogP contribution in [0.25, 0.3) is 0 Å². The minimum atomic E-state index is 0.718. The number of unbranched alkanes of at least 4 members (excludes halogenated alkanes) is 2. The zero-order chi connectivity index (χ0) is 11.6. The van der Waals surface area contributed by atoms with Crippen LogP contribution >= 0.6 is 0 Å². The van der Waals surface area contributed by atoms with E-state index in [0.29, 0.717) is 0 Å². The van der Waals surface area contributed by atoms with Crippen molar-refractivity contribution < 1.29 is 0 Å². The van der Waals surface area contributed by atoms with E-state index in [2.05, 4.69) is 34.4 Å². The molecular formula is C12H22N4. The van der Waals surface area contributed by atoms with Crippen LogP contribution in [0.1, 0.15) is 39.5 Å². The Labute approximate surface area is 97.9 Å². The van der Waals surface area contributed by atoms with E-state index in [1.807, 2.05) is 6.07 Å². The lowest BCUT2D eigenvalue weighted by molar-refractivity contribution is 0.821. The van der Waals surface area contributed by atoms with E-state index < -0.39 is 0 Å². The fourth-order valence-electron chi connectivity index (χ4n) is 1.31. The van der Waals surface area contributed by atoms with E-state index >= 15 is 0 Å². The van der Waals surface area contributed by atoms with Gasteiger partial charge in [0.25, 0.3) is 0 Å². The molecule has 0 aliphatic carbocycles. The number of aromatic nitrogens is 2. The molecule has 4 heteroatoms. The summed E-state index contributed by atoms with van der Waals surface area (Å²) in [5.41, 5.74) is 0. The Kier molecular flexibility index (Phi) is 6.30. The molecule has 16 heavy (non-hydrogen) atoms. The molecule has 0 unspecified atom stereocenters. The predicted molar refractivity (Wildman–Crippen MR) is 68.8 cm³/mol. The van der Waals surface area contributed by atoms with Crippen LogP contribution in [-0.2, 0) is 0 Å². The second-order valence-electron chi connectivity index (χ2n) is 3.83. The van der Waals surface area contributed by atoms with Crippen LogP contribution < -0.4 is 10.6 Å². The zero-order valence-corrected chi connectivity index (χ0v) is 10.3. The van der Waals surface area contributed by atoms with Crippen LogP contribution in [0.4, 0.5) is 11.8 Å². The molecule has 2 N–H and O–H groups in total. The van der Waals surface area contributed by atoms with Crippen LogP contribution in [0.2, 0.25) is 0 Å². The van der Waals surface area contributed by atoms with Crippen molar-refractivity contribution >= 4 is 11.8 Å². The topological polar surface area (TPSA) is 49.8 Å². The highest BCUT2D eigenvalue weighted by atomic mass is 15.1. The van der Waals surface area contributed by atoms with Gasteiger partial charge in [0, 0.05) is 19.3 Å². The number of hydrogen-bond acceptors (Lipinski definition) is 4. The largest absolute Gasteiger partial charge is 0.370 e. The molecule has 0 saturated heterocycles. The number of anilines is 2. The Morgan fingerprint density at radius 1 is 1.06 bits per heavy atom. The maximum absolute atomic E-state index is 4.38. The van der Waals surface area contributed by atoms with Crippen LogP contribution in [0.5, 0.6) is 0 Å². The van der Waals surface area contributed by atoms with Gasteiger partial charge in [-0.2, -0.15) is 4.98 Å². The normalized spacial score (nSPS) is 10.1. The maximum atomic E-state index is 4.38. The summed E-state index contributed by atoms with van der Waals surface area (Å²) in [6.07, 6.45) is 6.48. The third-order valence-electron chi connectivity index (χ3n) is 2.31. The minimum Gasteiger partial charge on any atom is -0.370 e. The van der Waals surface area contributed by atoms with E-state index in [0.717, 1.165) is 31.3 Å². The monoisotopic (exact) mass is 222 g/mol. The van der Waals surface area contributed by atoms with Gasteiger partial charge >= 0.3 is 0 Å². The summed E-state index contributed by atoms with van der Waals surface area (Å²) in [5.74, 6) is 1.62. The standard InChI is InChI=1S/C12H22N4/c1-3-5-8-13-11-7-10-15-12(16-11)14-9-6-4-2/h7,10H,3-6,8-9H2,1-2H3,(H2,13,14,15,16). The molecule has 0 spiro atoms. The number of rotatable bonds is 8. The molecular weight excluding hydrogens is 200 g/mol. The Morgan fingerprint density at radius 3 is 2.44 bits per heavy atom. The van der Waals surface area contributed by atoms with Crippen molar-refractivity contribution in [3.63, 3.8) is 0 Å². The molecule has 1 aromatic rings. The molecule has 0 aliphatic rings. The highest BCUT2D eigenvalue weighted by molar-refractivity contribution is 5.39. The second kappa shape index (κ2) is 7.91. The molecule has 0 fully saturated rings. The first-order valence-electron chi connectivity index (χ1n) is 6.17. The molecule has 0 aromatic carbocycles. The van der Waals surface area contributed by atoms with E-state index in [1.54, 1.807) is 6.20 Å². The summed E-state index contributed by atoms with van der Waals surface area (Å²) in [6, 6.07) is 1.90. The van der Waals surface area contributed by atoms with Crippen LogP contribution in [-0.4, -0.2) is 23.1 Å². The van der Waals surface area contributed by atoms with E-state index in [-0.39, 0.29) is 0 Å². The van der Waals surface area contributed by atoms with Crippen molar-refractivity contribution in [2.45, 2.75) is 39.5 Å². The van der Waals surface area contributed by atoms with E-state index in [1.165, 1.54) is 19.3 Å². The van der Waals surface area contributed by atoms with Crippen LogP contribution in [0.3, 0.4) is 0 Å².